The van der Waals surface area contributed by atoms with Gasteiger partial charge in [-0.2, -0.15) is 0 Å². The zero-order valence-electron chi connectivity index (χ0n) is 11.9. The summed E-state index contributed by atoms with van der Waals surface area (Å²) in [6, 6.07) is 0. The molecule has 0 rings (SSSR count). The van der Waals surface area contributed by atoms with E-state index in [1.807, 2.05) is 0 Å². The van der Waals surface area contributed by atoms with Gasteiger partial charge < -0.3 is 5.11 Å². The summed E-state index contributed by atoms with van der Waals surface area (Å²) < 4.78 is 13.8. The molecule has 1 N–H and O–H groups in total. The quantitative estimate of drug-likeness (QED) is 0.422. The number of allylic oxidation sites excluding steroid dienone is 6. The molecule has 0 spiro atoms. The van der Waals surface area contributed by atoms with E-state index in [9.17, 15) is 18.8 Å². The number of hydrogen-bond donors (Lipinski definition) is 1. The minimum atomic E-state index is -1.06. The molecular formula is C15H19FO4. The van der Waals surface area contributed by atoms with E-state index in [0.717, 1.165) is 6.08 Å². The third kappa shape index (κ3) is 5.30. The fourth-order valence-corrected chi connectivity index (χ4v) is 1.43. The normalized spacial score (nSPS) is 14.9. The van der Waals surface area contributed by atoms with E-state index < -0.39 is 23.5 Å². The molecule has 4 nitrogen and oxygen atoms in total. The molecule has 0 aromatic heterocycles. The Morgan fingerprint density at radius 2 is 1.95 bits per heavy atom. The van der Waals surface area contributed by atoms with Crippen molar-refractivity contribution in [2.24, 2.45) is 5.92 Å². The number of hydrogen-bond acceptors (Lipinski definition) is 3. The van der Waals surface area contributed by atoms with Gasteiger partial charge in [-0.25, -0.2) is 4.39 Å². The molecule has 0 bridgehead atoms. The van der Waals surface area contributed by atoms with Crippen LogP contribution in [0, 0.1) is 5.92 Å². The van der Waals surface area contributed by atoms with Crippen LogP contribution in [0.4, 0.5) is 4.39 Å². The number of Topliss-reactive ketones (excluding diaryl/α,β-unsaturated/α-hetero) is 1. The first-order chi connectivity index (χ1) is 9.38. The Morgan fingerprint density at radius 3 is 2.35 bits per heavy atom. The molecule has 0 amide bonds. The van der Waals surface area contributed by atoms with Crippen molar-refractivity contribution in [3.05, 3.63) is 35.2 Å². The van der Waals surface area contributed by atoms with Crippen molar-refractivity contribution in [3.63, 3.8) is 0 Å². The molecule has 0 aliphatic rings. The van der Waals surface area contributed by atoms with E-state index in [0.29, 0.717) is 12.7 Å². The number of carbonyl (C=O) groups is 3. The Bertz CT molecular complexity index is 472. The van der Waals surface area contributed by atoms with Crippen LogP contribution in [-0.4, -0.2) is 23.1 Å². The molecule has 20 heavy (non-hydrogen) atoms. The number of ketones is 1. The van der Waals surface area contributed by atoms with Crippen LogP contribution in [0.2, 0.25) is 0 Å². The lowest BCUT2D eigenvalue weighted by atomic mass is 10.00. The molecule has 0 saturated heterocycles. The highest BCUT2D eigenvalue weighted by Crippen LogP contribution is 2.17. The summed E-state index contributed by atoms with van der Waals surface area (Å²) in [5.74, 6) is -3.78. The van der Waals surface area contributed by atoms with Crippen molar-refractivity contribution in [3.8, 4) is 0 Å². The average molecular weight is 282 g/mol. The predicted molar refractivity (Wildman–Crippen MR) is 73.8 cm³/mol. The van der Waals surface area contributed by atoms with E-state index >= 15 is 0 Å². The topological polar surface area (TPSA) is 71.4 Å². The van der Waals surface area contributed by atoms with Gasteiger partial charge in [0.2, 0.25) is 5.78 Å². The molecule has 0 aromatic carbocycles. The fraction of sp³-hybridized carbons (Fsp3) is 0.400. The second-order valence-corrected chi connectivity index (χ2v) is 4.27. The minimum absolute atomic E-state index is 0.00160. The zero-order chi connectivity index (χ0) is 15.7. The maximum atomic E-state index is 13.8. The lowest BCUT2D eigenvalue weighted by Gasteiger charge is -2.05. The van der Waals surface area contributed by atoms with Crippen LogP contribution in [0.15, 0.2) is 35.2 Å². The van der Waals surface area contributed by atoms with Crippen molar-refractivity contribution in [2.45, 2.75) is 33.6 Å². The van der Waals surface area contributed by atoms with Gasteiger partial charge in [-0.05, 0) is 25.8 Å². The standard InChI is InChI=1S/C15H19FO4/c1-4-6-12(11(5-2)9-17)14(18)13(16)8-7-10(3)15(19)20/h4,6,8-10H,5,7H2,1-3H3,(H,19,20)/b6-4-,12-11-,13-8-/t10-/m1/s1. The van der Waals surface area contributed by atoms with E-state index in [4.69, 9.17) is 5.11 Å². The van der Waals surface area contributed by atoms with Crippen LogP contribution in [0.5, 0.6) is 0 Å². The Balaban J connectivity index is 5.28. The second kappa shape index (κ2) is 8.96. The largest absolute Gasteiger partial charge is 0.481 e. The highest BCUT2D eigenvalue weighted by molar-refractivity contribution is 6.11. The van der Waals surface area contributed by atoms with Crippen molar-refractivity contribution in [1.29, 1.82) is 0 Å². The van der Waals surface area contributed by atoms with E-state index in [1.165, 1.54) is 13.0 Å². The molecule has 0 saturated carbocycles. The van der Waals surface area contributed by atoms with Gasteiger partial charge in [0.15, 0.2) is 5.83 Å². The molecule has 0 radical (unpaired) electrons. The van der Waals surface area contributed by atoms with Gasteiger partial charge in [0.05, 0.1) is 5.92 Å². The van der Waals surface area contributed by atoms with Crippen molar-refractivity contribution in [2.75, 3.05) is 0 Å². The molecule has 0 heterocycles. The van der Waals surface area contributed by atoms with Gasteiger partial charge in [0, 0.05) is 11.1 Å². The molecule has 1 atom stereocenters. The summed E-state index contributed by atoms with van der Waals surface area (Å²) in [7, 11) is 0. The van der Waals surface area contributed by atoms with Crippen molar-refractivity contribution >= 4 is 18.0 Å². The monoisotopic (exact) mass is 282 g/mol. The molecule has 5 heteroatoms. The number of aldehydes is 1. The van der Waals surface area contributed by atoms with E-state index in [2.05, 4.69) is 0 Å². The SMILES string of the molecule is C/C=C\C(C(=O)/C(F)=C/C[C@@H](C)C(=O)O)=C(\C=O)CC. The Hall–Kier alpha value is -2.04. The first-order valence-electron chi connectivity index (χ1n) is 6.33. The number of rotatable bonds is 8. The third-order valence-corrected chi connectivity index (χ3v) is 2.74. The summed E-state index contributed by atoms with van der Waals surface area (Å²) in [5, 5.41) is 8.69. The Morgan fingerprint density at radius 1 is 1.35 bits per heavy atom. The highest BCUT2D eigenvalue weighted by atomic mass is 19.1. The second-order valence-electron chi connectivity index (χ2n) is 4.27. The minimum Gasteiger partial charge on any atom is -0.481 e. The summed E-state index contributed by atoms with van der Waals surface area (Å²) in [4.78, 5) is 33.4. The maximum Gasteiger partial charge on any atom is 0.306 e. The number of carboxylic acid groups (broad SMARTS) is 1. The Kier molecular flexibility index (Phi) is 8.04. The van der Waals surface area contributed by atoms with Crippen LogP contribution < -0.4 is 0 Å². The number of carbonyl (C=O) groups excluding carboxylic acids is 2. The summed E-state index contributed by atoms with van der Waals surface area (Å²) in [6.45, 7) is 4.76. The molecule has 0 aliphatic carbocycles. The first-order valence-corrected chi connectivity index (χ1v) is 6.33. The van der Waals surface area contributed by atoms with Gasteiger partial charge in [0.1, 0.15) is 6.29 Å². The lowest BCUT2D eigenvalue weighted by Crippen LogP contribution is -2.10. The smallest absolute Gasteiger partial charge is 0.306 e. The van der Waals surface area contributed by atoms with Gasteiger partial charge in [0.25, 0.3) is 0 Å². The summed E-state index contributed by atoms with van der Waals surface area (Å²) in [5.41, 5.74) is 0.213. The number of halogens is 1. The van der Waals surface area contributed by atoms with Crippen molar-refractivity contribution in [1.82, 2.24) is 0 Å². The number of carboxylic acids is 1. The molecule has 0 aliphatic heterocycles. The molecule has 0 unspecified atom stereocenters. The number of aliphatic carboxylic acids is 1. The fourth-order valence-electron chi connectivity index (χ4n) is 1.43. The van der Waals surface area contributed by atoms with Gasteiger partial charge in [-0.1, -0.05) is 26.0 Å². The molecule has 0 fully saturated rings. The maximum absolute atomic E-state index is 13.8. The molecular weight excluding hydrogens is 263 g/mol. The predicted octanol–water partition coefficient (Wildman–Crippen LogP) is 3.00. The first kappa shape index (κ1) is 18.0. The van der Waals surface area contributed by atoms with Crippen LogP contribution >= 0.6 is 0 Å². The molecule has 110 valence electrons. The van der Waals surface area contributed by atoms with Crippen LogP contribution in [-0.2, 0) is 14.4 Å². The Labute approximate surface area is 117 Å². The van der Waals surface area contributed by atoms with Crippen LogP contribution in [0.1, 0.15) is 33.6 Å². The van der Waals surface area contributed by atoms with Gasteiger partial charge >= 0.3 is 5.97 Å². The van der Waals surface area contributed by atoms with Gasteiger partial charge in [-0.3, -0.25) is 14.4 Å². The summed E-state index contributed by atoms with van der Waals surface area (Å²) in [6.07, 6.45) is 4.62. The molecule has 0 aromatic rings. The van der Waals surface area contributed by atoms with Crippen LogP contribution in [0.3, 0.4) is 0 Å². The van der Waals surface area contributed by atoms with Gasteiger partial charge in [-0.15, -0.1) is 0 Å². The van der Waals surface area contributed by atoms with E-state index in [-0.39, 0.29) is 17.6 Å². The van der Waals surface area contributed by atoms with Crippen molar-refractivity contribution < 1.29 is 23.9 Å². The van der Waals surface area contributed by atoms with Crippen LogP contribution in [0.25, 0.3) is 0 Å². The third-order valence-electron chi connectivity index (χ3n) is 2.74. The summed E-state index contributed by atoms with van der Waals surface area (Å²) >= 11 is 0. The highest BCUT2D eigenvalue weighted by Gasteiger charge is 2.17. The lowest BCUT2D eigenvalue weighted by molar-refractivity contribution is -0.141. The zero-order valence-corrected chi connectivity index (χ0v) is 11.9. The average Bonchev–Trinajstić information content (AvgIpc) is 2.43. The van der Waals surface area contributed by atoms with E-state index in [1.54, 1.807) is 19.9 Å².